The molecule has 5 heteroatoms. The minimum atomic E-state index is -0.841. The first-order valence-corrected chi connectivity index (χ1v) is 7.01. The van der Waals surface area contributed by atoms with Gasteiger partial charge in [-0.2, -0.15) is 0 Å². The van der Waals surface area contributed by atoms with Crippen LogP contribution < -0.4 is 15.8 Å². The normalized spacial score (nSPS) is 11.9. The number of carbonyl (C=O) groups excluding carboxylic acids is 1. The molecule has 0 aromatic heterocycles. The second-order valence-corrected chi connectivity index (χ2v) is 4.98. The zero-order valence-electron chi connectivity index (χ0n) is 12.4. The zero-order valence-corrected chi connectivity index (χ0v) is 12.4. The quantitative estimate of drug-likeness (QED) is 0.826. The van der Waals surface area contributed by atoms with Crippen molar-refractivity contribution in [2.24, 2.45) is 5.73 Å². The summed E-state index contributed by atoms with van der Waals surface area (Å²) < 4.78 is 17.1. The zero-order chi connectivity index (χ0) is 15.9. The number of nitrogens with one attached hydrogen (secondary N) is 1. The van der Waals surface area contributed by atoms with Crippen LogP contribution in [0.2, 0.25) is 0 Å². The fraction of sp³-hybridized carbons (Fsp3) is 0.235. The summed E-state index contributed by atoms with van der Waals surface area (Å²) in [6, 6.07) is 14.8. The minimum Gasteiger partial charge on any atom is -0.463 e. The lowest BCUT2D eigenvalue weighted by Gasteiger charge is -2.10. The Morgan fingerprint density at radius 1 is 1.23 bits per heavy atom. The third kappa shape index (κ3) is 4.30. The average molecular weight is 302 g/mol. The van der Waals surface area contributed by atoms with Gasteiger partial charge in [0.1, 0.15) is 5.75 Å². The van der Waals surface area contributed by atoms with Crippen molar-refractivity contribution in [1.82, 2.24) is 5.32 Å². The van der Waals surface area contributed by atoms with Crippen LogP contribution in [0.3, 0.4) is 0 Å². The molecule has 0 fully saturated rings. The molecule has 1 atom stereocenters. The molecule has 0 unspecified atom stereocenters. The second-order valence-electron chi connectivity index (χ2n) is 4.98. The summed E-state index contributed by atoms with van der Waals surface area (Å²) in [5.74, 6) is 0.127. The lowest BCUT2D eigenvalue weighted by molar-refractivity contribution is -0.119. The van der Waals surface area contributed by atoms with E-state index >= 15 is 0 Å². The Balaban J connectivity index is 2.05. The molecular formula is C17H19FN2O2. The highest BCUT2D eigenvalue weighted by Gasteiger charge is 2.07. The first-order chi connectivity index (χ1) is 10.6. The molecule has 0 spiro atoms. The molecule has 0 radical (unpaired) electrons. The minimum absolute atomic E-state index is 0.366. The van der Waals surface area contributed by atoms with Crippen LogP contribution >= 0.6 is 0 Å². The van der Waals surface area contributed by atoms with Crippen molar-refractivity contribution in [3.8, 4) is 16.9 Å². The molecule has 22 heavy (non-hydrogen) atoms. The third-order valence-electron chi connectivity index (χ3n) is 3.38. The van der Waals surface area contributed by atoms with Crippen LogP contribution in [0.15, 0.2) is 48.5 Å². The molecule has 0 saturated heterocycles. The van der Waals surface area contributed by atoms with Crippen LogP contribution in [-0.2, 0) is 11.3 Å². The first kappa shape index (κ1) is 16.0. The van der Waals surface area contributed by atoms with E-state index in [4.69, 9.17) is 10.5 Å². The average Bonchev–Trinajstić information content (AvgIpc) is 2.53. The van der Waals surface area contributed by atoms with Crippen molar-refractivity contribution >= 4 is 5.91 Å². The van der Waals surface area contributed by atoms with Crippen molar-refractivity contribution in [2.45, 2.75) is 19.5 Å². The maximum atomic E-state index is 12.2. The molecule has 0 aliphatic heterocycles. The maximum absolute atomic E-state index is 12.2. The van der Waals surface area contributed by atoms with Gasteiger partial charge in [-0.05, 0) is 35.7 Å². The summed E-state index contributed by atoms with van der Waals surface area (Å²) in [6.45, 7) is 1.45. The fourth-order valence-corrected chi connectivity index (χ4v) is 2.02. The van der Waals surface area contributed by atoms with Gasteiger partial charge in [0.15, 0.2) is 0 Å². The van der Waals surface area contributed by atoms with Gasteiger partial charge in [0.2, 0.25) is 12.8 Å². The standard InChI is InChI=1S/C17H19FN2O2/c1-12(17(19)21)20-10-13-5-7-14(8-6-13)15-3-2-4-16(9-15)22-11-18/h2-9,12,20H,10-11H2,1H3,(H2,19,21)/t12-/m1/s1. The Bertz CT molecular complexity index is 629. The molecule has 4 nitrogen and oxygen atoms in total. The van der Waals surface area contributed by atoms with Crippen LogP contribution in [-0.4, -0.2) is 18.8 Å². The molecule has 2 rings (SSSR count). The predicted molar refractivity (Wildman–Crippen MR) is 84.0 cm³/mol. The number of benzene rings is 2. The lowest BCUT2D eigenvalue weighted by Crippen LogP contribution is -2.38. The molecule has 2 aromatic rings. The molecule has 0 heterocycles. The van der Waals surface area contributed by atoms with Crippen LogP contribution in [0.25, 0.3) is 11.1 Å². The summed E-state index contributed by atoms with van der Waals surface area (Å²) >= 11 is 0. The fourth-order valence-electron chi connectivity index (χ4n) is 2.02. The van der Waals surface area contributed by atoms with Gasteiger partial charge >= 0.3 is 0 Å². The molecule has 116 valence electrons. The monoisotopic (exact) mass is 302 g/mol. The highest BCUT2D eigenvalue weighted by atomic mass is 19.1. The molecule has 0 aliphatic carbocycles. The number of hydrogen-bond donors (Lipinski definition) is 2. The van der Waals surface area contributed by atoms with E-state index in [9.17, 15) is 9.18 Å². The first-order valence-electron chi connectivity index (χ1n) is 7.01. The van der Waals surface area contributed by atoms with Crippen molar-refractivity contribution in [3.05, 3.63) is 54.1 Å². The molecule has 0 aliphatic rings. The summed E-state index contributed by atoms with van der Waals surface area (Å²) in [5.41, 5.74) is 8.21. The summed E-state index contributed by atoms with van der Waals surface area (Å²) in [6.07, 6.45) is 0. The number of carbonyl (C=O) groups is 1. The maximum Gasteiger partial charge on any atom is 0.234 e. The van der Waals surface area contributed by atoms with Gasteiger partial charge in [0, 0.05) is 6.54 Å². The van der Waals surface area contributed by atoms with Gasteiger partial charge in [-0.1, -0.05) is 36.4 Å². The molecule has 0 bridgehead atoms. The Morgan fingerprint density at radius 2 is 1.95 bits per heavy atom. The number of nitrogens with two attached hydrogens (primary N) is 1. The van der Waals surface area contributed by atoms with Gasteiger partial charge in [-0.15, -0.1) is 0 Å². The Morgan fingerprint density at radius 3 is 2.59 bits per heavy atom. The van der Waals surface area contributed by atoms with Crippen LogP contribution in [0, 0.1) is 0 Å². The van der Waals surface area contributed by atoms with Gasteiger partial charge < -0.3 is 15.8 Å². The summed E-state index contributed by atoms with van der Waals surface area (Å²) in [4.78, 5) is 11.0. The number of hydrogen-bond acceptors (Lipinski definition) is 3. The van der Waals surface area contributed by atoms with Gasteiger partial charge in [0.05, 0.1) is 6.04 Å². The van der Waals surface area contributed by atoms with Crippen LogP contribution in [0.1, 0.15) is 12.5 Å². The highest BCUT2D eigenvalue weighted by Crippen LogP contribution is 2.24. The topological polar surface area (TPSA) is 64.3 Å². The molecular weight excluding hydrogens is 283 g/mol. The number of amides is 1. The summed E-state index contributed by atoms with van der Waals surface area (Å²) in [7, 11) is 0. The van der Waals surface area contributed by atoms with Crippen LogP contribution in [0.5, 0.6) is 5.75 Å². The number of primary amides is 1. The number of halogens is 1. The predicted octanol–water partition coefficient (Wildman–Crippen LogP) is 2.62. The molecule has 1 amide bonds. The Hall–Kier alpha value is -2.40. The lowest BCUT2D eigenvalue weighted by atomic mass is 10.0. The number of rotatable bonds is 7. The largest absolute Gasteiger partial charge is 0.463 e. The van der Waals surface area contributed by atoms with E-state index in [-0.39, 0.29) is 11.9 Å². The van der Waals surface area contributed by atoms with Gasteiger partial charge in [-0.25, -0.2) is 4.39 Å². The van der Waals surface area contributed by atoms with E-state index in [1.165, 1.54) is 0 Å². The van der Waals surface area contributed by atoms with Crippen molar-refractivity contribution in [1.29, 1.82) is 0 Å². The Labute approximate surface area is 129 Å². The summed E-state index contributed by atoms with van der Waals surface area (Å²) in [5, 5.41) is 3.05. The highest BCUT2D eigenvalue weighted by molar-refractivity contribution is 5.79. The molecule has 2 aromatic carbocycles. The van der Waals surface area contributed by atoms with E-state index in [0.717, 1.165) is 16.7 Å². The third-order valence-corrected chi connectivity index (χ3v) is 3.38. The van der Waals surface area contributed by atoms with Crippen LogP contribution in [0.4, 0.5) is 4.39 Å². The smallest absolute Gasteiger partial charge is 0.234 e. The van der Waals surface area contributed by atoms with E-state index in [2.05, 4.69) is 5.32 Å². The van der Waals surface area contributed by atoms with Crippen molar-refractivity contribution in [3.63, 3.8) is 0 Å². The Kier molecular flexibility index (Phi) is 5.49. The van der Waals surface area contributed by atoms with Crippen molar-refractivity contribution < 1.29 is 13.9 Å². The SMILES string of the molecule is C[C@@H](NCc1ccc(-c2cccc(OCF)c2)cc1)C(N)=O. The van der Waals surface area contributed by atoms with E-state index < -0.39 is 6.86 Å². The van der Waals surface area contributed by atoms with Gasteiger partial charge in [-0.3, -0.25) is 4.79 Å². The number of ether oxygens (including phenoxy) is 1. The van der Waals surface area contributed by atoms with Gasteiger partial charge in [0.25, 0.3) is 0 Å². The molecule has 0 saturated carbocycles. The second kappa shape index (κ2) is 7.56. The van der Waals surface area contributed by atoms with E-state index in [1.807, 2.05) is 36.4 Å². The van der Waals surface area contributed by atoms with E-state index in [0.29, 0.717) is 12.3 Å². The molecule has 3 N–H and O–H groups in total. The van der Waals surface area contributed by atoms with Crippen molar-refractivity contribution in [2.75, 3.05) is 6.86 Å². The number of alkyl halides is 1. The van der Waals surface area contributed by atoms with E-state index in [1.54, 1.807) is 19.1 Å².